The molecule has 2 heterocycles. The van der Waals surface area contributed by atoms with Crippen LogP contribution in [-0.2, 0) is 0 Å². The largest absolute Gasteiger partial charge is 0.338 e. The second kappa shape index (κ2) is 5.05. The summed E-state index contributed by atoms with van der Waals surface area (Å²) in [4.78, 5) is 29.1. The monoisotopic (exact) mass is 277 g/mol. The Morgan fingerprint density at radius 3 is 2.65 bits per heavy atom. The SMILES string of the molecule is Cc1cc(C)c(C(=O)N2CCC(N)C(C)(C)C2)c(=O)[nH]1. The van der Waals surface area contributed by atoms with Gasteiger partial charge in [0.1, 0.15) is 5.56 Å². The Balaban J connectivity index is 2.32. The highest BCUT2D eigenvalue weighted by atomic mass is 16.2. The predicted molar refractivity (Wildman–Crippen MR) is 78.8 cm³/mol. The first-order valence-corrected chi connectivity index (χ1v) is 6.98. The Labute approximate surface area is 119 Å². The van der Waals surface area contributed by atoms with E-state index in [0.717, 1.165) is 17.7 Å². The molecule has 1 aliphatic heterocycles. The van der Waals surface area contributed by atoms with Crippen molar-refractivity contribution in [1.29, 1.82) is 0 Å². The van der Waals surface area contributed by atoms with Crippen LogP contribution in [0.2, 0.25) is 0 Å². The maximum atomic E-state index is 12.6. The van der Waals surface area contributed by atoms with Gasteiger partial charge in [-0.1, -0.05) is 13.8 Å². The molecule has 0 spiro atoms. The van der Waals surface area contributed by atoms with Crippen molar-refractivity contribution in [3.8, 4) is 0 Å². The Morgan fingerprint density at radius 1 is 1.45 bits per heavy atom. The molecule has 1 saturated heterocycles. The molecule has 110 valence electrons. The van der Waals surface area contributed by atoms with Crippen LogP contribution in [-0.4, -0.2) is 34.9 Å². The summed E-state index contributed by atoms with van der Waals surface area (Å²) in [6.07, 6.45) is 0.765. The second-order valence-electron chi connectivity index (χ2n) is 6.45. The average molecular weight is 277 g/mol. The number of aromatic nitrogens is 1. The fourth-order valence-electron chi connectivity index (χ4n) is 2.82. The normalized spacial score (nSPS) is 21.9. The van der Waals surface area contributed by atoms with Crippen LogP contribution >= 0.6 is 0 Å². The first kappa shape index (κ1) is 14.8. The van der Waals surface area contributed by atoms with E-state index >= 15 is 0 Å². The van der Waals surface area contributed by atoms with Crippen LogP contribution in [0.4, 0.5) is 0 Å². The van der Waals surface area contributed by atoms with Crippen LogP contribution in [0.25, 0.3) is 0 Å². The van der Waals surface area contributed by atoms with E-state index in [2.05, 4.69) is 18.8 Å². The van der Waals surface area contributed by atoms with E-state index in [-0.39, 0.29) is 28.5 Å². The Kier molecular flexibility index (Phi) is 3.73. The number of nitrogens with zero attached hydrogens (tertiary/aromatic N) is 1. The molecule has 1 aromatic rings. The number of hydrogen-bond donors (Lipinski definition) is 2. The van der Waals surface area contributed by atoms with Crippen molar-refractivity contribution in [2.45, 2.75) is 40.2 Å². The lowest BCUT2D eigenvalue weighted by Crippen LogP contribution is -2.54. The first-order valence-electron chi connectivity index (χ1n) is 6.98. The molecule has 1 unspecified atom stereocenters. The molecule has 1 aliphatic rings. The highest BCUT2D eigenvalue weighted by molar-refractivity contribution is 5.95. The van der Waals surface area contributed by atoms with Gasteiger partial charge in [0.25, 0.3) is 11.5 Å². The molecule has 5 heteroatoms. The maximum absolute atomic E-state index is 12.6. The summed E-state index contributed by atoms with van der Waals surface area (Å²) >= 11 is 0. The number of H-pyrrole nitrogens is 1. The standard InChI is InChI=1S/C15H23N3O2/c1-9-7-10(2)17-13(19)12(9)14(20)18-6-5-11(16)15(3,4)8-18/h7,11H,5-6,8,16H2,1-4H3,(H,17,19). The second-order valence-corrected chi connectivity index (χ2v) is 6.45. The van der Waals surface area contributed by atoms with Crippen LogP contribution in [0, 0.1) is 19.3 Å². The first-order chi connectivity index (χ1) is 9.22. The van der Waals surface area contributed by atoms with Gasteiger partial charge in [0.05, 0.1) is 0 Å². The third-order valence-electron chi connectivity index (χ3n) is 4.18. The van der Waals surface area contributed by atoms with E-state index in [1.165, 1.54) is 0 Å². The van der Waals surface area contributed by atoms with Crippen molar-refractivity contribution in [2.24, 2.45) is 11.1 Å². The molecule has 1 aromatic heterocycles. The van der Waals surface area contributed by atoms with Crippen LogP contribution in [0.1, 0.15) is 41.9 Å². The zero-order valence-electron chi connectivity index (χ0n) is 12.6. The predicted octanol–water partition coefficient (Wildman–Crippen LogP) is 1.19. The number of rotatable bonds is 1. The minimum Gasteiger partial charge on any atom is -0.338 e. The van der Waals surface area contributed by atoms with Gasteiger partial charge in [-0.05, 0) is 37.3 Å². The molecular weight excluding hydrogens is 254 g/mol. The molecule has 20 heavy (non-hydrogen) atoms. The molecule has 0 radical (unpaired) electrons. The molecule has 0 saturated carbocycles. The quantitative estimate of drug-likeness (QED) is 0.809. The van der Waals surface area contributed by atoms with Crippen LogP contribution in [0.5, 0.6) is 0 Å². The number of hydrogen-bond acceptors (Lipinski definition) is 3. The summed E-state index contributed by atoms with van der Waals surface area (Å²) in [5.41, 5.74) is 7.40. The molecular formula is C15H23N3O2. The molecule has 1 atom stereocenters. The van der Waals surface area contributed by atoms with Crippen LogP contribution in [0.3, 0.4) is 0 Å². The third-order valence-corrected chi connectivity index (χ3v) is 4.18. The number of pyridine rings is 1. The lowest BCUT2D eigenvalue weighted by atomic mass is 9.79. The van der Waals surface area contributed by atoms with E-state index in [0.29, 0.717) is 13.1 Å². The molecule has 5 nitrogen and oxygen atoms in total. The van der Waals surface area contributed by atoms with E-state index in [9.17, 15) is 9.59 Å². The molecule has 0 bridgehead atoms. The summed E-state index contributed by atoms with van der Waals surface area (Å²) < 4.78 is 0. The van der Waals surface area contributed by atoms with Crippen LogP contribution in [0.15, 0.2) is 10.9 Å². The van der Waals surface area contributed by atoms with Crippen molar-refractivity contribution in [1.82, 2.24) is 9.88 Å². The number of amides is 1. The zero-order chi connectivity index (χ0) is 15.1. The van der Waals surface area contributed by atoms with Gasteiger partial charge in [-0.25, -0.2) is 0 Å². The minimum atomic E-state index is -0.305. The smallest absolute Gasteiger partial charge is 0.261 e. The summed E-state index contributed by atoms with van der Waals surface area (Å²) in [6, 6.07) is 1.92. The number of nitrogens with two attached hydrogens (primary N) is 1. The fourth-order valence-corrected chi connectivity index (χ4v) is 2.82. The lowest BCUT2D eigenvalue weighted by molar-refractivity contribution is 0.0530. The van der Waals surface area contributed by atoms with E-state index < -0.39 is 0 Å². The van der Waals surface area contributed by atoms with Gasteiger partial charge in [0.2, 0.25) is 0 Å². The Bertz CT molecular complexity index is 589. The minimum absolute atomic E-state index is 0.0870. The third kappa shape index (κ3) is 2.63. The van der Waals surface area contributed by atoms with E-state index in [1.54, 1.807) is 11.8 Å². The summed E-state index contributed by atoms with van der Waals surface area (Å²) in [5, 5.41) is 0. The molecule has 0 aromatic carbocycles. The number of likely N-dealkylation sites (tertiary alicyclic amines) is 1. The molecule has 1 fully saturated rings. The summed E-state index contributed by atoms with van der Waals surface area (Å²) in [5.74, 6) is -0.191. The van der Waals surface area contributed by atoms with Gasteiger partial charge in [0.15, 0.2) is 0 Å². The summed E-state index contributed by atoms with van der Waals surface area (Å²) in [7, 11) is 0. The number of aryl methyl sites for hydroxylation is 2. The van der Waals surface area contributed by atoms with Gasteiger partial charge in [-0.2, -0.15) is 0 Å². The Morgan fingerprint density at radius 2 is 2.10 bits per heavy atom. The Hall–Kier alpha value is -1.62. The maximum Gasteiger partial charge on any atom is 0.261 e. The summed E-state index contributed by atoms with van der Waals surface area (Å²) in [6.45, 7) is 8.92. The lowest BCUT2D eigenvalue weighted by Gasteiger charge is -2.42. The van der Waals surface area contributed by atoms with Crippen molar-refractivity contribution in [3.05, 3.63) is 33.2 Å². The van der Waals surface area contributed by atoms with Crippen molar-refractivity contribution >= 4 is 5.91 Å². The molecule has 2 rings (SSSR count). The van der Waals surface area contributed by atoms with E-state index in [4.69, 9.17) is 5.73 Å². The fraction of sp³-hybridized carbons (Fsp3) is 0.600. The van der Waals surface area contributed by atoms with Crippen LogP contribution < -0.4 is 11.3 Å². The number of piperidine rings is 1. The zero-order valence-corrected chi connectivity index (χ0v) is 12.6. The number of nitrogens with one attached hydrogen (secondary N) is 1. The average Bonchev–Trinajstić information content (AvgIpc) is 2.31. The molecule has 0 aliphatic carbocycles. The van der Waals surface area contributed by atoms with Gasteiger partial charge < -0.3 is 15.6 Å². The van der Waals surface area contributed by atoms with Gasteiger partial charge in [0, 0.05) is 24.8 Å². The number of aromatic amines is 1. The van der Waals surface area contributed by atoms with Crippen molar-refractivity contribution < 1.29 is 4.79 Å². The van der Waals surface area contributed by atoms with Crippen molar-refractivity contribution in [3.63, 3.8) is 0 Å². The highest BCUT2D eigenvalue weighted by Crippen LogP contribution is 2.28. The van der Waals surface area contributed by atoms with E-state index in [1.807, 2.05) is 13.0 Å². The topological polar surface area (TPSA) is 79.2 Å². The number of carbonyl (C=O) groups excluding carboxylic acids is 1. The highest BCUT2D eigenvalue weighted by Gasteiger charge is 2.36. The molecule has 1 amide bonds. The number of carbonyl (C=O) groups is 1. The van der Waals surface area contributed by atoms with Crippen molar-refractivity contribution in [2.75, 3.05) is 13.1 Å². The van der Waals surface area contributed by atoms with Gasteiger partial charge in [-0.3, -0.25) is 9.59 Å². The van der Waals surface area contributed by atoms with Gasteiger partial charge in [-0.15, -0.1) is 0 Å². The van der Waals surface area contributed by atoms with Gasteiger partial charge >= 0.3 is 0 Å². The molecule has 3 N–H and O–H groups in total.